The number of imidazole rings is 1. The summed E-state index contributed by atoms with van der Waals surface area (Å²) < 4.78 is 0. The van der Waals surface area contributed by atoms with Gasteiger partial charge in [-0.1, -0.05) is 33.8 Å². The van der Waals surface area contributed by atoms with Crippen molar-refractivity contribution in [3.8, 4) is 0 Å². The predicted molar refractivity (Wildman–Crippen MR) is 72.2 cm³/mol. The van der Waals surface area contributed by atoms with Crippen molar-refractivity contribution in [2.24, 2.45) is 0 Å². The Morgan fingerprint density at radius 2 is 2.06 bits per heavy atom. The third-order valence-electron chi connectivity index (χ3n) is 2.84. The summed E-state index contributed by atoms with van der Waals surface area (Å²) in [4.78, 5) is 8.04. The lowest BCUT2D eigenvalue weighted by molar-refractivity contribution is 0.554. The minimum atomic E-state index is 0.0703. The topological polar surface area (TPSA) is 40.7 Å². The maximum atomic E-state index is 4.63. The average molecular weight is 231 g/mol. The molecule has 17 heavy (non-hydrogen) atoms. The Morgan fingerprint density at radius 3 is 2.71 bits per heavy atom. The van der Waals surface area contributed by atoms with E-state index < -0.39 is 0 Å². The smallest absolute Gasteiger partial charge is 0.112 e. The molecule has 0 radical (unpaired) electrons. The highest BCUT2D eigenvalue weighted by Crippen LogP contribution is 2.22. The van der Waals surface area contributed by atoms with E-state index >= 15 is 0 Å². The fraction of sp³-hybridized carbons (Fsp3) is 0.500. The molecule has 0 aliphatic heterocycles. The number of nitrogens with zero attached hydrogens (tertiary/aromatic N) is 1. The van der Waals surface area contributed by atoms with Crippen molar-refractivity contribution in [2.45, 2.75) is 39.7 Å². The maximum Gasteiger partial charge on any atom is 0.112 e. The Morgan fingerprint density at radius 1 is 1.29 bits per heavy atom. The molecule has 1 heterocycles. The highest BCUT2D eigenvalue weighted by molar-refractivity contribution is 5.76. The van der Waals surface area contributed by atoms with E-state index in [0.717, 1.165) is 29.9 Å². The number of aromatic amines is 1. The third-order valence-corrected chi connectivity index (χ3v) is 2.84. The predicted octanol–water partition coefficient (Wildman–Crippen LogP) is 2.97. The molecule has 0 unspecified atom stereocenters. The van der Waals surface area contributed by atoms with E-state index in [1.54, 1.807) is 0 Å². The van der Waals surface area contributed by atoms with Crippen molar-refractivity contribution >= 4 is 11.0 Å². The molecule has 0 spiro atoms. The number of hydrogen-bond acceptors (Lipinski definition) is 2. The van der Waals surface area contributed by atoms with Crippen LogP contribution in [-0.2, 0) is 12.0 Å². The van der Waals surface area contributed by atoms with Gasteiger partial charge in [0, 0.05) is 12.0 Å². The minimum Gasteiger partial charge on any atom is -0.342 e. The van der Waals surface area contributed by atoms with Crippen molar-refractivity contribution in [3.63, 3.8) is 0 Å². The molecule has 1 aromatic carbocycles. The lowest BCUT2D eigenvalue weighted by Crippen LogP contribution is -2.12. The van der Waals surface area contributed by atoms with E-state index in [2.05, 4.69) is 61.2 Å². The SMILES string of the molecule is CCNCc1ccc2nc(C(C)(C)C)[nH]c2c1. The van der Waals surface area contributed by atoms with Crippen molar-refractivity contribution in [3.05, 3.63) is 29.6 Å². The largest absolute Gasteiger partial charge is 0.342 e. The molecule has 0 aliphatic carbocycles. The molecular formula is C14H21N3. The van der Waals surface area contributed by atoms with Crippen LogP contribution in [0.3, 0.4) is 0 Å². The molecule has 0 saturated heterocycles. The van der Waals surface area contributed by atoms with Crippen LogP contribution in [0.4, 0.5) is 0 Å². The van der Waals surface area contributed by atoms with Crippen LogP contribution in [0.15, 0.2) is 18.2 Å². The van der Waals surface area contributed by atoms with E-state index in [1.165, 1.54) is 5.56 Å². The second-order valence-corrected chi connectivity index (χ2v) is 5.47. The first-order valence-corrected chi connectivity index (χ1v) is 6.20. The maximum absolute atomic E-state index is 4.63. The zero-order valence-electron chi connectivity index (χ0n) is 11.1. The van der Waals surface area contributed by atoms with Gasteiger partial charge in [0.05, 0.1) is 11.0 Å². The molecule has 1 aromatic heterocycles. The number of aromatic nitrogens is 2. The zero-order chi connectivity index (χ0) is 12.5. The highest BCUT2D eigenvalue weighted by Gasteiger charge is 2.17. The summed E-state index contributed by atoms with van der Waals surface area (Å²) in [6.07, 6.45) is 0. The van der Waals surface area contributed by atoms with Gasteiger partial charge in [0.15, 0.2) is 0 Å². The van der Waals surface area contributed by atoms with E-state index in [0.29, 0.717) is 0 Å². The first-order chi connectivity index (χ1) is 8.00. The van der Waals surface area contributed by atoms with Crippen LogP contribution in [0.25, 0.3) is 11.0 Å². The van der Waals surface area contributed by atoms with Gasteiger partial charge >= 0.3 is 0 Å². The van der Waals surface area contributed by atoms with Gasteiger partial charge in [-0.2, -0.15) is 0 Å². The summed E-state index contributed by atoms with van der Waals surface area (Å²) in [7, 11) is 0. The number of rotatable bonds is 3. The first kappa shape index (κ1) is 12.1. The molecule has 0 bridgehead atoms. The van der Waals surface area contributed by atoms with Gasteiger partial charge in [-0.15, -0.1) is 0 Å². The second kappa shape index (κ2) is 4.49. The lowest BCUT2D eigenvalue weighted by Gasteiger charge is -2.13. The average Bonchev–Trinajstić information content (AvgIpc) is 2.68. The monoisotopic (exact) mass is 231 g/mol. The van der Waals surface area contributed by atoms with Crippen LogP contribution < -0.4 is 5.32 Å². The number of nitrogens with one attached hydrogen (secondary N) is 2. The molecule has 0 aliphatic rings. The molecule has 3 nitrogen and oxygen atoms in total. The molecule has 0 fully saturated rings. The van der Waals surface area contributed by atoms with Gasteiger partial charge < -0.3 is 10.3 Å². The van der Waals surface area contributed by atoms with Crippen LogP contribution in [0, 0.1) is 0 Å². The minimum absolute atomic E-state index is 0.0703. The molecule has 3 heteroatoms. The fourth-order valence-electron chi connectivity index (χ4n) is 1.79. The van der Waals surface area contributed by atoms with Gasteiger partial charge in [-0.05, 0) is 24.2 Å². The van der Waals surface area contributed by atoms with Crippen molar-refractivity contribution < 1.29 is 0 Å². The molecule has 0 atom stereocenters. The third kappa shape index (κ3) is 2.67. The summed E-state index contributed by atoms with van der Waals surface area (Å²) in [5.41, 5.74) is 3.55. The van der Waals surface area contributed by atoms with E-state index in [9.17, 15) is 0 Å². The Labute approximate surface area is 103 Å². The summed E-state index contributed by atoms with van der Waals surface area (Å²) in [5.74, 6) is 1.05. The highest BCUT2D eigenvalue weighted by atomic mass is 14.9. The number of hydrogen-bond donors (Lipinski definition) is 2. The lowest BCUT2D eigenvalue weighted by atomic mass is 9.96. The Kier molecular flexibility index (Phi) is 3.20. The number of fused-ring (bicyclic) bond motifs is 1. The summed E-state index contributed by atoms with van der Waals surface area (Å²) in [6, 6.07) is 6.41. The van der Waals surface area contributed by atoms with Crippen molar-refractivity contribution in [1.82, 2.24) is 15.3 Å². The van der Waals surface area contributed by atoms with Crippen LogP contribution >= 0.6 is 0 Å². The van der Waals surface area contributed by atoms with E-state index in [-0.39, 0.29) is 5.41 Å². The normalized spacial score (nSPS) is 12.2. The Bertz CT molecular complexity index is 506. The molecule has 92 valence electrons. The van der Waals surface area contributed by atoms with Crippen LogP contribution in [0.5, 0.6) is 0 Å². The fourth-order valence-corrected chi connectivity index (χ4v) is 1.79. The standard InChI is InChI=1S/C14H21N3/c1-5-15-9-10-6-7-11-12(8-10)17-13(16-11)14(2,3)4/h6-8,15H,5,9H2,1-4H3,(H,16,17). The Hall–Kier alpha value is -1.35. The quantitative estimate of drug-likeness (QED) is 0.852. The van der Waals surface area contributed by atoms with Crippen LogP contribution in [-0.4, -0.2) is 16.5 Å². The van der Waals surface area contributed by atoms with Gasteiger partial charge in [0.1, 0.15) is 5.82 Å². The summed E-state index contributed by atoms with van der Waals surface area (Å²) in [5, 5.41) is 3.33. The van der Waals surface area contributed by atoms with Gasteiger partial charge in [-0.3, -0.25) is 0 Å². The van der Waals surface area contributed by atoms with E-state index in [4.69, 9.17) is 0 Å². The van der Waals surface area contributed by atoms with Gasteiger partial charge in [0.25, 0.3) is 0 Å². The molecule has 0 amide bonds. The molecular weight excluding hydrogens is 210 g/mol. The summed E-state index contributed by atoms with van der Waals surface area (Å²) >= 11 is 0. The molecule has 0 saturated carbocycles. The van der Waals surface area contributed by atoms with Crippen molar-refractivity contribution in [2.75, 3.05) is 6.54 Å². The molecule has 2 rings (SSSR count). The zero-order valence-corrected chi connectivity index (χ0v) is 11.1. The number of H-pyrrole nitrogens is 1. The number of benzene rings is 1. The summed E-state index contributed by atoms with van der Waals surface area (Å²) in [6.45, 7) is 10.5. The Balaban J connectivity index is 2.34. The van der Waals surface area contributed by atoms with Gasteiger partial charge in [0.2, 0.25) is 0 Å². The molecule has 2 aromatic rings. The first-order valence-electron chi connectivity index (χ1n) is 6.20. The van der Waals surface area contributed by atoms with E-state index in [1.807, 2.05) is 0 Å². The van der Waals surface area contributed by atoms with Gasteiger partial charge in [-0.25, -0.2) is 4.98 Å². The van der Waals surface area contributed by atoms with Crippen LogP contribution in [0.1, 0.15) is 39.1 Å². The van der Waals surface area contributed by atoms with Crippen molar-refractivity contribution in [1.29, 1.82) is 0 Å². The molecule has 2 N–H and O–H groups in total. The second-order valence-electron chi connectivity index (χ2n) is 5.47. The van der Waals surface area contributed by atoms with Crippen LogP contribution in [0.2, 0.25) is 0 Å².